The van der Waals surface area contributed by atoms with Crippen molar-refractivity contribution in [3.05, 3.63) is 63.2 Å². The van der Waals surface area contributed by atoms with Gasteiger partial charge in [-0.3, -0.25) is 14.9 Å². The van der Waals surface area contributed by atoms with Crippen molar-refractivity contribution in [3.8, 4) is 5.75 Å². The van der Waals surface area contributed by atoms with Crippen LogP contribution in [0.3, 0.4) is 0 Å². The molecule has 0 atom stereocenters. The molecular formula is C16H15ClN2O4. The summed E-state index contributed by atoms with van der Waals surface area (Å²) in [5.41, 5.74) is 0.315. The van der Waals surface area contributed by atoms with E-state index in [-0.39, 0.29) is 16.3 Å². The van der Waals surface area contributed by atoms with Crippen LogP contribution in [0.2, 0.25) is 5.02 Å². The van der Waals surface area contributed by atoms with Gasteiger partial charge in [-0.05, 0) is 24.6 Å². The van der Waals surface area contributed by atoms with Crippen LogP contribution in [0, 0.1) is 10.1 Å². The lowest BCUT2D eigenvalue weighted by molar-refractivity contribution is -0.384. The summed E-state index contributed by atoms with van der Waals surface area (Å²) in [5, 5.41) is 13.6. The van der Waals surface area contributed by atoms with Crippen molar-refractivity contribution in [1.82, 2.24) is 0 Å². The van der Waals surface area contributed by atoms with Gasteiger partial charge in [0, 0.05) is 12.1 Å². The number of rotatable bonds is 6. The minimum Gasteiger partial charge on any atom is -0.491 e. The third kappa shape index (κ3) is 4.20. The number of hydrogen-bond donors (Lipinski definition) is 1. The number of halogens is 1. The summed E-state index contributed by atoms with van der Waals surface area (Å²) in [5.74, 6) is -0.00417. The van der Waals surface area contributed by atoms with Crippen LogP contribution >= 0.6 is 11.6 Å². The maximum absolute atomic E-state index is 12.4. The number of non-ortho nitro benzene ring substituents is 1. The largest absolute Gasteiger partial charge is 0.491 e. The summed E-state index contributed by atoms with van der Waals surface area (Å²) in [6, 6.07) is 10.7. The second kappa shape index (κ2) is 7.60. The Kier molecular flexibility index (Phi) is 5.54. The lowest BCUT2D eigenvalue weighted by Crippen LogP contribution is -2.14. The van der Waals surface area contributed by atoms with E-state index >= 15 is 0 Å². The van der Waals surface area contributed by atoms with Gasteiger partial charge in [-0.15, -0.1) is 0 Å². The van der Waals surface area contributed by atoms with E-state index in [2.05, 4.69) is 5.32 Å². The fourth-order valence-electron chi connectivity index (χ4n) is 1.90. The minimum absolute atomic E-state index is 0.0335. The highest BCUT2D eigenvalue weighted by Gasteiger charge is 2.17. The first kappa shape index (κ1) is 16.8. The van der Waals surface area contributed by atoms with Crippen LogP contribution in [0.25, 0.3) is 0 Å². The van der Waals surface area contributed by atoms with E-state index in [9.17, 15) is 14.9 Å². The Morgan fingerprint density at radius 1 is 1.30 bits per heavy atom. The number of nitrogens with one attached hydrogen (secondary N) is 1. The molecule has 0 aromatic heterocycles. The monoisotopic (exact) mass is 334 g/mol. The number of para-hydroxylation sites is 2. The first-order valence-electron chi connectivity index (χ1n) is 7.00. The summed E-state index contributed by atoms with van der Waals surface area (Å²) in [7, 11) is 0. The van der Waals surface area contributed by atoms with Gasteiger partial charge >= 0.3 is 0 Å². The van der Waals surface area contributed by atoms with Crippen LogP contribution in [0.4, 0.5) is 11.4 Å². The number of amides is 1. The fraction of sp³-hybridized carbons (Fsp3) is 0.188. The first-order valence-corrected chi connectivity index (χ1v) is 7.38. The molecule has 6 nitrogen and oxygen atoms in total. The normalized spacial score (nSPS) is 10.2. The van der Waals surface area contributed by atoms with Gasteiger partial charge < -0.3 is 10.1 Å². The number of nitrogens with zero attached hydrogens (tertiary/aromatic N) is 1. The predicted molar refractivity (Wildman–Crippen MR) is 88.3 cm³/mol. The standard InChI is InChI=1S/C16H15ClN2O4/c1-2-9-23-15-6-4-3-5-14(15)18-16(20)12-10-11(19(21)22)7-8-13(12)17/h3-8,10H,2,9H2,1H3,(H,18,20). The Morgan fingerprint density at radius 2 is 2.04 bits per heavy atom. The second-order valence-corrected chi connectivity index (χ2v) is 5.13. The van der Waals surface area contributed by atoms with Crippen molar-refractivity contribution in [3.63, 3.8) is 0 Å². The van der Waals surface area contributed by atoms with Crippen LogP contribution in [-0.4, -0.2) is 17.4 Å². The predicted octanol–water partition coefficient (Wildman–Crippen LogP) is 4.29. The zero-order valence-corrected chi connectivity index (χ0v) is 13.2. The highest BCUT2D eigenvalue weighted by molar-refractivity contribution is 6.34. The molecule has 0 aliphatic carbocycles. The number of carbonyl (C=O) groups excluding carboxylic acids is 1. The quantitative estimate of drug-likeness (QED) is 0.631. The van der Waals surface area contributed by atoms with E-state index in [0.717, 1.165) is 12.5 Å². The molecule has 1 N–H and O–H groups in total. The average Bonchev–Trinajstić information content (AvgIpc) is 2.54. The SMILES string of the molecule is CCCOc1ccccc1NC(=O)c1cc([N+](=O)[O-])ccc1Cl. The molecule has 23 heavy (non-hydrogen) atoms. The smallest absolute Gasteiger partial charge is 0.270 e. The molecule has 2 rings (SSSR count). The number of nitro benzene ring substituents is 1. The lowest BCUT2D eigenvalue weighted by atomic mass is 10.1. The molecule has 0 unspecified atom stereocenters. The summed E-state index contributed by atoms with van der Waals surface area (Å²) >= 11 is 5.97. The van der Waals surface area contributed by atoms with Crippen LogP contribution in [0.15, 0.2) is 42.5 Å². The molecule has 0 aliphatic heterocycles. The van der Waals surface area contributed by atoms with E-state index in [1.54, 1.807) is 24.3 Å². The molecule has 2 aromatic rings. The van der Waals surface area contributed by atoms with Gasteiger partial charge in [0.15, 0.2) is 0 Å². The zero-order valence-electron chi connectivity index (χ0n) is 12.4. The van der Waals surface area contributed by atoms with Crippen molar-refractivity contribution in [2.45, 2.75) is 13.3 Å². The minimum atomic E-state index is -0.578. The molecular weight excluding hydrogens is 320 g/mol. The highest BCUT2D eigenvalue weighted by Crippen LogP contribution is 2.27. The van der Waals surface area contributed by atoms with E-state index in [1.165, 1.54) is 12.1 Å². The van der Waals surface area contributed by atoms with Crippen LogP contribution in [0.1, 0.15) is 23.7 Å². The Bertz CT molecular complexity index is 734. The number of carbonyl (C=O) groups is 1. The van der Waals surface area contributed by atoms with Gasteiger partial charge in [0.25, 0.3) is 11.6 Å². The maximum atomic E-state index is 12.4. The van der Waals surface area contributed by atoms with Gasteiger partial charge in [-0.1, -0.05) is 30.7 Å². The van der Waals surface area contributed by atoms with Gasteiger partial charge in [0.2, 0.25) is 0 Å². The number of anilines is 1. The second-order valence-electron chi connectivity index (χ2n) is 4.72. The Hall–Kier alpha value is -2.60. The first-order chi connectivity index (χ1) is 11.0. The lowest BCUT2D eigenvalue weighted by Gasteiger charge is -2.12. The van der Waals surface area contributed by atoms with Gasteiger partial charge in [-0.25, -0.2) is 0 Å². The van der Waals surface area contributed by atoms with Gasteiger partial charge in [0.05, 0.1) is 27.8 Å². The summed E-state index contributed by atoms with van der Waals surface area (Å²) in [4.78, 5) is 22.6. The van der Waals surface area contributed by atoms with Crippen LogP contribution in [0.5, 0.6) is 5.75 Å². The molecule has 0 spiro atoms. The molecule has 0 saturated carbocycles. The van der Waals surface area contributed by atoms with Gasteiger partial charge in [0.1, 0.15) is 5.75 Å². The van der Waals surface area contributed by atoms with Crippen LogP contribution < -0.4 is 10.1 Å². The van der Waals surface area contributed by atoms with Gasteiger partial charge in [-0.2, -0.15) is 0 Å². The molecule has 2 aromatic carbocycles. The fourth-order valence-corrected chi connectivity index (χ4v) is 2.10. The summed E-state index contributed by atoms with van der Waals surface area (Å²) in [6.07, 6.45) is 0.832. The molecule has 7 heteroatoms. The third-order valence-electron chi connectivity index (χ3n) is 3.00. The molecule has 0 bridgehead atoms. The van der Waals surface area contributed by atoms with E-state index in [4.69, 9.17) is 16.3 Å². The summed E-state index contributed by atoms with van der Waals surface area (Å²) in [6.45, 7) is 2.49. The molecule has 0 aliphatic rings. The Balaban J connectivity index is 2.26. The van der Waals surface area contributed by atoms with Crippen molar-refractivity contribution in [2.75, 3.05) is 11.9 Å². The number of hydrogen-bond acceptors (Lipinski definition) is 4. The summed E-state index contributed by atoms with van der Waals surface area (Å²) < 4.78 is 5.56. The van der Waals surface area contributed by atoms with Crippen molar-refractivity contribution in [2.24, 2.45) is 0 Å². The van der Waals surface area contributed by atoms with E-state index < -0.39 is 10.8 Å². The number of nitro groups is 1. The molecule has 0 heterocycles. The van der Waals surface area contributed by atoms with Crippen molar-refractivity contribution < 1.29 is 14.5 Å². The Labute approximate surface area is 138 Å². The third-order valence-corrected chi connectivity index (χ3v) is 3.33. The Morgan fingerprint density at radius 3 is 2.74 bits per heavy atom. The highest BCUT2D eigenvalue weighted by atomic mass is 35.5. The molecule has 0 fully saturated rings. The maximum Gasteiger partial charge on any atom is 0.270 e. The molecule has 0 saturated heterocycles. The molecule has 0 radical (unpaired) electrons. The molecule has 120 valence electrons. The van der Waals surface area contributed by atoms with E-state index in [0.29, 0.717) is 18.0 Å². The van der Waals surface area contributed by atoms with Crippen LogP contribution in [-0.2, 0) is 0 Å². The topological polar surface area (TPSA) is 81.5 Å². The van der Waals surface area contributed by atoms with Crippen molar-refractivity contribution in [1.29, 1.82) is 0 Å². The number of benzene rings is 2. The average molecular weight is 335 g/mol. The van der Waals surface area contributed by atoms with E-state index in [1.807, 2.05) is 6.92 Å². The number of ether oxygens (including phenoxy) is 1. The molecule has 1 amide bonds. The van der Waals surface area contributed by atoms with Crippen molar-refractivity contribution >= 4 is 28.9 Å². The zero-order chi connectivity index (χ0) is 16.8.